The van der Waals surface area contributed by atoms with Crippen molar-refractivity contribution in [3.8, 4) is 5.75 Å². The van der Waals surface area contributed by atoms with Crippen molar-refractivity contribution in [2.45, 2.75) is 19.4 Å². The third-order valence-corrected chi connectivity index (χ3v) is 4.36. The smallest absolute Gasteiger partial charge is 0.195 e. The third kappa shape index (κ3) is 7.75. The summed E-state index contributed by atoms with van der Waals surface area (Å²) in [5.41, 5.74) is 2.07. The minimum Gasteiger partial charge on any atom is -0.493 e. The second-order valence-corrected chi connectivity index (χ2v) is 6.99. The lowest BCUT2D eigenvalue weighted by atomic mass is 10.1. The van der Waals surface area contributed by atoms with E-state index in [1.165, 1.54) is 0 Å². The van der Waals surface area contributed by atoms with E-state index < -0.39 is 0 Å². The largest absolute Gasteiger partial charge is 0.493 e. The lowest BCUT2D eigenvalue weighted by Gasteiger charge is -2.22. The van der Waals surface area contributed by atoms with Gasteiger partial charge >= 0.3 is 0 Å². The molecule has 2 aromatic rings. The summed E-state index contributed by atoms with van der Waals surface area (Å²) in [6.07, 6.45) is 4.79. The van der Waals surface area contributed by atoms with Crippen molar-refractivity contribution in [2.75, 3.05) is 52.8 Å². The minimum absolute atomic E-state index is 0.148. The first-order valence-corrected chi connectivity index (χ1v) is 9.95. The monoisotopic (exact) mass is 402 g/mol. The molecule has 1 atom stereocenters. The first-order valence-electron chi connectivity index (χ1n) is 9.95. The van der Waals surface area contributed by atoms with Crippen LogP contribution in [0.5, 0.6) is 5.75 Å². The number of anilines is 1. The highest BCUT2D eigenvalue weighted by molar-refractivity contribution is 5.93. The molecule has 160 valence electrons. The molecule has 0 radical (unpaired) electrons. The summed E-state index contributed by atoms with van der Waals surface area (Å²) < 4.78 is 12.7. The Kier molecular flexibility index (Phi) is 9.46. The minimum atomic E-state index is 0.148. The van der Waals surface area contributed by atoms with E-state index >= 15 is 0 Å². The number of ether oxygens (including phenoxy) is 2. The normalized spacial score (nSPS) is 12.8. The predicted octanol–water partition coefficient (Wildman–Crippen LogP) is 2.52. The van der Waals surface area contributed by atoms with Gasteiger partial charge in [0.1, 0.15) is 5.75 Å². The highest BCUT2D eigenvalue weighted by atomic mass is 16.5. The molecule has 0 aliphatic heterocycles. The van der Waals surface area contributed by atoms with Crippen LogP contribution < -0.4 is 15.4 Å². The molecule has 0 bridgehead atoms. The molecule has 8 nitrogen and oxygen atoms in total. The van der Waals surface area contributed by atoms with Crippen molar-refractivity contribution in [2.24, 2.45) is 12.0 Å². The standard InChI is InChI=1S/C21H34N6O2/c1-6-22-21(23-15-20(26(2)3)17-14-24-27(4)16-17)25-18-9-7-10-19(13-18)29-12-8-11-28-5/h7,9-10,13-14,16,20H,6,8,11-12,15H2,1-5H3,(H2,22,23,25). The van der Waals surface area contributed by atoms with Crippen LogP contribution in [0.15, 0.2) is 41.7 Å². The van der Waals surface area contributed by atoms with E-state index in [0.717, 1.165) is 35.9 Å². The van der Waals surface area contributed by atoms with E-state index in [9.17, 15) is 0 Å². The quantitative estimate of drug-likeness (QED) is 0.342. The van der Waals surface area contributed by atoms with Crippen LogP contribution in [-0.2, 0) is 11.8 Å². The maximum absolute atomic E-state index is 5.78. The zero-order valence-corrected chi connectivity index (χ0v) is 18.2. The zero-order chi connectivity index (χ0) is 21.1. The first-order chi connectivity index (χ1) is 14.0. The molecule has 0 saturated carbocycles. The van der Waals surface area contributed by atoms with Gasteiger partial charge in [-0.15, -0.1) is 0 Å². The van der Waals surface area contributed by atoms with Gasteiger partial charge in [-0.05, 0) is 33.2 Å². The molecule has 1 aromatic carbocycles. The summed E-state index contributed by atoms with van der Waals surface area (Å²) in [7, 11) is 7.73. The van der Waals surface area contributed by atoms with Crippen LogP contribution >= 0.6 is 0 Å². The van der Waals surface area contributed by atoms with Crippen LogP contribution in [0, 0.1) is 0 Å². The molecule has 8 heteroatoms. The summed E-state index contributed by atoms with van der Waals surface area (Å²) >= 11 is 0. The molecule has 1 heterocycles. The van der Waals surface area contributed by atoms with E-state index in [-0.39, 0.29) is 6.04 Å². The summed E-state index contributed by atoms with van der Waals surface area (Å²) in [4.78, 5) is 6.94. The first kappa shape index (κ1) is 22.7. The van der Waals surface area contributed by atoms with E-state index in [1.807, 2.05) is 48.4 Å². The Labute approximate surface area is 173 Å². The van der Waals surface area contributed by atoms with Crippen molar-refractivity contribution >= 4 is 11.6 Å². The van der Waals surface area contributed by atoms with Crippen LogP contribution in [-0.4, -0.2) is 68.1 Å². The van der Waals surface area contributed by atoms with Crippen LogP contribution in [0.1, 0.15) is 24.9 Å². The Morgan fingerprint density at radius 2 is 2.14 bits per heavy atom. The van der Waals surface area contributed by atoms with Crippen LogP contribution in [0.3, 0.4) is 0 Å². The molecular weight excluding hydrogens is 368 g/mol. The molecule has 0 aliphatic carbocycles. The Morgan fingerprint density at radius 3 is 2.79 bits per heavy atom. The fraction of sp³-hybridized carbons (Fsp3) is 0.524. The third-order valence-electron chi connectivity index (χ3n) is 4.36. The highest BCUT2D eigenvalue weighted by Crippen LogP contribution is 2.19. The number of nitrogens with one attached hydrogen (secondary N) is 2. The molecule has 1 aromatic heterocycles. The van der Waals surface area contributed by atoms with Gasteiger partial charge in [0.15, 0.2) is 5.96 Å². The number of nitrogens with zero attached hydrogens (tertiary/aromatic N) is 4. The predicted molar refractivity (Wildman–Crippen MR) is 118 cm³/mol. The van der Waals surface area contributed by atoms with Gasteiger partial charge in [0.2, 0.25) is 0 Å². The van der Waals surface area contributed by atoms with Gasteiger partial charge in [-0.2, -0.15) is 5.10 Å². The van der Waals surface area contributed by atoms with Gasteiger partial charge in [-0.25, -0.2) is 0 Å². The van der Waals surface area contributed by atoms with Crippen molar-refractivity contribution in [3.63, 3.8) is 0 Å². The van der Waals surface area contributed by atoms with Gasteiger partial charge in [0.05, 0.1) is 25.4 Å². The summed E-state index contributed by atoms with van der Waals surface area (Å²) in [6, 6.07) is 8.04. The summed E-state index contributed by atoms with van der Waals surface area (Å²) in [5, 5.41) is 11.0. The number of hydrogen-bond donors (Lipinski definition) is 2. The van der Waals surface area contributed by atoms with Crippen LogP contribution in [0.4, 0.5) is 5.69 Å². The number of guanidine groups is 1. The maximum atomic E-state index is 5.78. The molecule has 0 aliphatic rings. The molecule has 0 spiro atoms. The lowest BCUT2D eigenvalue weighted by Crippen LogP contribution is -2.32. The Hall–Kier alpha value is -2.58. The van der Waals surface area contributed by atoms with Crippen molar-refractivity contribution < 1.29 is 9.47 Å². The fourth-order valence-electron chi connectivity index (χ4n) is 2.86. The molecule has 0 amide bonds. The number of aryl methyl sites for hydroxylation is 1. The number of benzene rings is 1. The second kappa shape index (κ2) is 12.1. The fourth-order valence-corrected chi connectivity index (χ4v) is 2.86. The highest BCUT2D eigenvalue weighted by Gasteiger charge is 2.15. The van der Waals surface area contributed by atoms with Gasteiger partial charge < -0.3 is 25.0 Å². The van der Waals surface area contributed by atoms with Crippen LogP contribution in [0.2, 0.25) is 0 Å². The zero-order valence-electron chi connectivity index (χ0n) is 18.2. The summed E-state index contributed by atoms with van der Waals surface area (Å²) in [6.45, 7) is 4.76. The number of aliphatic imine (C=N–C) groups is 1. The number of hydrogen-bond acceptors (Lipinski definition) is 5. The molecule has 29 heavy (non-hydrogen) atoms. The van der Waals surface area contributed by atoms with E-state index in [2.05, 4.69) is 41.7 Å². The van der Waals surface area contributed by atoms with Gasteiger partial charge in [0.25, 0.3) is 0 Å². The second-order valence-electron chi connectivity index (χ2n) is 6.99. The van der Waals surface area contributed by atoms with Crippen molar-refractivity contribution in [1.82, 2.24) is 20.0 Å². The molecule has 0 fully saturated rings. The van der Waals surface area contributed by atoms with Crippen molar-refractivity contribution in [3.05, 3.63) is 42.2 Å². The average Bonchev–Trinajstić information content (AvgIpc) is 3.11. The van der Waals surface area contributed by atoms with Crippen molar-refractivity contribution in [1.29, 1.82) is 0 Å². The SMILES string of the molecule is CCNC(=NCC(c1cnn(C)c1)N(C)C)Nc1cccc(OCCCOC)c1. The number of rotatable bonds is 11. The van der Waals surface area contributed by atoms with Gasteiger partial charge in [-0.3, -0.25) is 9.67 Å². The average molecular weight is 403 g/mol. The van der Waals surface area contributed by atoms with Crippen LogP contribution in [0.25, 0.3) is 0 Å². The van der Waals surface area contributed by atoms with Gasteiger partial charge in [0, 0.05) is 57.2 Å². The molecule has 1 unspecified atom stereocenters. The summed E-state index contributed by atoms with van der Waals surface area (Å²) in [5.74, 6) is 1.56. The van der Waals surface area contributed by atoms with E-state index in [0.29, 0.717) is 19.8 Å². The maximum Gasteiger partial charge on any atom is 0.195 e. The van der Waals surface area contributed by atoms with E-state index in [4.69, 9.17) is 14.5 Å². The van der Waals surface area contributed by atoms with E-state index in [1.54, 1.807) is 7.11 Å². The Balaban J connectivity index is 2.04. The number of likely N-dealkylation sites (N-methyl/N-ethyl adjacent to an activating group) is 1. The number of methoxy groups -OCH3 is 1. The molecule has 0 saturated heterocycles. The molecular formula is C21H34N6O2. The topological polar surface area (TPSA) is 75.9 Å². The Bertz CT molecular complexity index is 759. The van der Waals surface area contributed by atoms with Gasteiger partial charge in [-0.1, -0.05) is 6.07 Å². The lowest BCUT2D eigenvalue weighted by molar-refractivity contribution is 0.172. The Morgan fingerprint density at radius 1 is 1.31 bits per heavy atom. The molecule has 2 rings (SSSR count). The molecule has 2 N–H and O–H groups in total. The number of aromatic nitrogens is 2.